The minimum atomic E-state index is -0.428. The second kappa shape index (κ2) is 7.06. The zero-order valence-electron chi connectivity index (χ0n) is 12.0. The van der Waals surface area contributed by atoms with Crippen molar-refractivity contribution in [2.24, 2.45) is 0 Å². The summed E-state index contributed by atoms with van der Waals surface area (Å²) in [5.74, 6) is -0.553. The first kappa shape index (κ1) is 16.5. The topological polar surface area (TPSA) is 84.5 Å². The third-order valence-corrected chi connectivity index (χ3v) is 3.87. The Labute approximate surface area is 153 Å². The molecule has 2 N–H and O–H groups in total. The fourth-order valence-corrected chi connectivity index (χ4v) is 2.55. The molecule has 0 aliphatic carbocycles. The lowest BCUT2D eigenvalue weighted by molar-refractivity contribution is 0.0985. The van der Waals surface area contributed by atoms with E-state index in [0.29, 0.717) is 20.7 Å². The molecule has 0 saturated heterocycles. The van der Waals surface area contributed by atoms with Crippen molar-refractivity contribution in [3.05, 3.63) is 69.4 Å². The predicted molar refractivity (Wildman–Crippen MR) is 95.2 cm³/mol. The van der Waals surface area contributed by atoms with E-state index in [0.717, 1.165) is 0 Å². The largest absolute Gasteiger partial charge is 0.444 e. The smallest absolute Gasteiger partial charge is 0.291 e. The van der Waals surface area contributed by atoms with Crippen LogP contribution in [0.25, 0.3) is 0 Å². The zero-order valence-corrected chi connectivity index (χ0v) is 15.2. The molecule has 24 heavy (non-hydrogen) atoms. The lowest BCUT2D eigenvalue weighted by atomic mass is 10.2. The number of rotatable bonds is 4. The first-order chi connectivity index (χ1) is 11.5. The molecule has 6 nitrogen and oxygen atoms in total. The van der Waals surface area contributed by atoms with Crippen LogP contribution in [-0.2, 0) is 0 Å². The van der Waals surface area contributed by atoms with Crippen LogP contribution in [0.15, 0.2) is 66.7 Å². The number of furan rings is 2. The Morgan fingerprint density at radius 3 is 1.46 bits per heavy atom. The summed E-state index contributed by atoms with van der Waals surface area (Å²) in [4.78, 5) is 24.4. The highest BCUT2D eigenvalue weighted by molar-refractivity contribution is 9.10. The van der Waals surface area contributed by atoms with Crippen LogP contribution in [0.2, 0.25) is 0 Å². The number of para-hydroxylation sites is 2. The SMILES string of the molecule is O=C(Nc1ccccc1NC(=O)c1ccc(Br)o1)c1ccc(Br)o1. The summed E-state index contributed by atoms with van der Waals surface area (Å²) in [5, 5.41) is 5.39. The van der Waals surface area contributed by atoms with E-state index in [9.17, 15) is 9.59 Å². The molecule has 1 aromatic carbocycles. The molecule has 0 aliphatic rings. The monoisotopic (exact) mass is 452 g/mol. The fraction of sp³-hybridized carbons (Fsp3) is 0. The van der Waals surface area contributed by atoms with Crippen molar-refractivity contribution in [1.82, 2.24) is 0 Å². The fourth-order valence-electron chi connectivity index (χ4n) is 1.94. The maximum atomic E-state index is 12.2. The number of hydrogen-bond acceptors (Lipinski definition) is 4. The molecule has 0 unspecified atom stereocenters. The van der Waals surface area contributed by atoms with Crippen LogP contribution in [-0.4, -0.2) is 11.8 Å². The summed E-state index contributed by atoms with van der Waals surface area (Å²) in [6.45, 7) is 0. The van der Waals surface area contributed by atoms with Crippen LogP contribution in [0.4, 0.5) is 11.4 Å². The van der Waals surface area contributed by atoms with Gasteiger partial charge >= 0.3 is 0 Å². The Kier molecular flexibility index (Phi) is 4.86. The van der Waals surface area contributed by atoms with Crippen molar-refractivity contribution in [2.45, 2.75) is 0 Å². The van der Waals surface area contributed by atoms with Crippen LogP contribution in [0.1, 0.15) is 21.1 Å². The van der Waals surface area contributed by atoms with Gasteiger partial charge in [-0.2, -0.15) is 0 Å². The van der Waals surface area contributed by atoms with E-state index >= 15 is 0 Å². The van der Waals surface area contributed by atoms with E-state index in [1.165, 1.54) is 0 Å². The number of anilines is 2. The predicted octanol–water partition coefficient (Wildman–Crippen LogP) is 4.90. The van der Waals surface area contributed by atoms with Crippen molar-refractivity contribution in [2.75, 3.05) is 10.6 Å². The van der Waals surface area contributed by atoms with Gasteiger partial charge in [0.25, 0.3) is 11.8 Å². The van der Waals surface area contributed by atoms with Gasteiger partial charge in [-0.1, -0.05) is 12.1 Å². The first-order valence-corrected chi connectivity index (χ1v) is 8.34. The van der Waals surface area contributed by atoms with Crippen molar-refractivity contribution in [1.29, 1.82) is 0 Å². The molecule has 0 saturated carbocycles. The summed E-state index contributed by atoms with van der Waals surface area (Å²) >= 11 is 6.29. The van der Waals surface area contributed by atoms with Gasteiger partial charge in [0, 0.05) is 0 Å². The lowest BCUT2D eigenvalue weighted by Gasteiger charge is -2.10. The minimum absolute atomic E-state index is 0.151. The summed E-state index contributed by atoms with van der Waals surface area (Å²) < 4.78 is 11.3. The first-order valence-electron chi connectivity index (χ1n) is 6.75. The summed E-state index contributed by atoms with van der Waals surface area (Å²) in [6, 6.07) is 13.2. The Morgan fingerprint density at radius 1 is 0.708 bits per heavy atom. The number of nitrogens with one attached hydrogen (secondary N) is 2. The standard InChI is InChI=1S/C16H10Br2N2O4/c17-13-7-5-11(23-13)15(21)19-9-3-1-2-4-10(9)20-16(22)12-6-8-14(18)24-12/h1-8H,(H,19,21)(H,20,22). The minimum Gasteiger partial charge on any atom is -0.444 e. The molecular weight excluding hydrogens is 444 g/mol. The van der Waals surface area contributed by atoms with Crippen molar-refractivity contribution in [3.8, 4) is 0 Å². The van der Waals surface area contributed by atoms with Crippen LogP contribution in [0.3, 0.4) is 0 Å². The molecule has 122 valence electrons. The molecule has 0 bridgehead atoms. The maximum absolute atomic E-state index is 12.2. The van der Waals surface area contributed by atoms with E-state index in [1.54, 1.807) is 48.5 Å². The highest BCUT2D eigenvalue weighted by Crippen LogP contribution is 2.24. The molecule has 0 spiro atoms. The van der Waals surface area contributed by atoms with Gasteiger partial charge in [-0.25, -0.2) is 0 Å². The normalized spacial score (nSPS) is 10.4. The third kappa shape index (κ3) is 3.77. The van der Waals surface area contributed by atoms with Gasteiger partial charge in [-0.05, 0) is 68.3 Å². The molecule has 3 rings (SSSR count). The molecule has 8 heteroatoms. The van der Waals surface area contributed by atoms with Crippen molar-refractivity contribution in [3.63, 3.8) is 0 Å². The Balaban J connectivity index is 1.78. The number of carbonyl (C=O) groups excluding carboxylic acids is 2. The van der Waals surface area contributed by atoms with Crippen molar-refractivity contribution >= 4 is 55.0 Å². The van der Waals surface area contributed by atoms with Crippen LogP contribution in [0.5, 0.6) is 0 Å². The van der Waals surface area contributed by atoms with Crippen molar-refractivity contribution < 1.29 is 18.4 Å². The van der Waals surface area contributed by atoms with E-state index in [4.69, 9.17) is 8.83 Å². The second-order valence-electron chi connectivity index (χ2n) is 4.66. The van der Waals surface area contributed by atoms with E-state index in [-0.39, 0.29) is 11.5 Å². The number of halogens is 2. The van der Waals surface area contributed by atoms with Gasteiger partial charge in [0.1, 0.15) is 0 Å². The molecule has 0 aliphatic heterocycles. The summed E-state index contributed by atoms with van der Waals surface area (Å²) in [5.41, 5.74) is 0.878. The number of carbonyl (C=O) groups is 2. The molecule has 0 fully saturated rings. The van der Waals surface area contributed by atoms with Gasteiger partial charge in [0.2, 0.25) is 0 Å². The molecule has 0 radical (unpaired) electrons. The number of amides is 2. The average molecular weight is 454 g/mol. The Morgan fingerprint density at radius 2 is 1.12 bits per heavy atom. The third-order valence-electron chi connectivity index (χ3n) is 3.02. The van der Waals surface area contributed by atoms with E-state index < -0.39 is 11.8 Å². The second-order valence-corrected chi connectivity index (χ2v) is 6.22. The molecular formula is C16H10Br2N2O4. The Hall–Kier alpha value is -2.32. The van der Waals surface area contributed by atoms with Crippen LogP contribution in [0, 0.1) is 0 Å². The molecule has 2 amide bonds. The molecule has 3 aromatic rings. The quantitative estimate of drug-likeness (QED) is 0.588. The summed E-state index contributed by atoms with van der Waals surface area (Å²) in [6.07, 6.45) is 0. The molecule has 2 aromatic heterocycles. The lowest BCUT2D eigenvalue weighted by Crippen LogP contribution is -2.16. The molecule has 0 atom stereocenters. The van der Waals surface area contributed by atoms with E-state index in [2.05, 4.69) is 42.5 Å². The van der Waals surface area contributed by atoms with Gasteiger partial charge in [-0.15, -0.1) is 0 Å². The van der Waals surface area contributed by atoms with Crippen LogP contribution >= 0.6 is 31.9 Å². The van der Waals surface area contributed by atoms with Gasteiger partial charge in [0.15, 0.2) is 20.9 Å². The maximum Gasteiger partial charge on any atom is 0.291 e. The number of benzene rings is 1. The number of hydrogen-bond donors (Lipinski definition) is 2. The Bertz CT molecular complexity index is 828. The summed E-state index contributed by atoms with van der Waals surface area (Å²) in [7, 11) is 0. The van der Waals surface area contributed by atoms with Gasteiger partial charge in [0.05, 0.1) is 11.4 Å². The van der Waals surface area contributed by atoms with Gasteiger partial charge < -0.3 is 19.5 Å². The highest BCUT2D eigenvalue weighted by Gasteiger charge is 2.16. The highest BCUT2D eigenvalue weighted by atomic mass is 79.9. The van der Waals surface area contributed by atoms with Gasteiger partial charge in [-0.3, -0.25) is 9.59 Å². The zero-order chi connectivity index (χ0) is 17.1. The van der Waals surface area contributed by atoms with Crippen LogP contribution < -0.4 is 10.6 Å². The average Bonchev–Trinajstić information content (AvgIpc) is 3.18. The van der Waals surface area contributed by atoms with E-state index in [1.807, 2.05) is 0 Å². The molecule has 2 heterocycles.